The number of hydrogen-bond donors (Lipinski definition) is 1. The van der Waals surface area contributed by atoms with Crippen molar-refractivity contribution in [1.82, 2.24) is 4.98 Å². The third-order valence-electron chi connectivity index (χ3n) is 2.66. The smallest absolute Gasteiger partial charge is 0.300 e. The molecular weight excluding hydrogens is 302 g/mol. The van der Waals surface area contributed by atoms with Crippen molar-refractivity contribution in [3.05, 3.63) is 48.8 Å². The first kappa shape index (κ1) is 14.4. The lowest BCUT2D eigenvalue weighted by Crippen LogP contribution is -2.13. The molecule has 20 heavy (non-hydrogen) atoms. The zero-order valence-electron chi connectivity index (χ0n) is 10.6. The van der Waals surface area contributed by atoms with E-state index in [2.05, 4.69) is 10.3 Å². The van der Waals surface area contributed by atoms with Crippen molar-refractivity contribution in [1.29, 1.82) is 0 Å². The van der Waals surface area contributed by atoms with E-state index in [1.54, 1.807) is 6.07 Å². The molecule has 2 aromatic rings. The number of nitrogens with one attached hydrogen (secondary N) is 1. The van der Waals surface area contributed by atoms with Crippen molar-refractivity contribution in [2.45, 2.75) is 13.8 Å². The SMILES string of the molecule is Cc1cc(C(=O)Nc2nc(Cl)ccc2[N+](=O)[O-])sc1C. The summed E-state index contributed by atoms with van der Waals surface area (Å²) in [5, 5.41) is 13.4. The highest BCUT2D eigenvalue weighted by Crippen LogP contribution is 2.26. The fourth-order valence-electron chi connectivity index (χ4n) is 1.52. The van der Waals surface area contributed by atoms with Gasteiger partial charge < -0.3 is 5.32 Å². The standard InChI is InChI=1S/C12H10ClN3O3S/c1-6-5-9(20-7(6)2)12(17)15-11-8(16(18)19)3-4-10(13)14-11/h3-5H,1-2H3,(H,14,15,17). The molecule has 104 valence electrons. The average Bonchev–Trinajstić information content (AvgIpc) is 2.69. The summed E-state index contributed by atoms with van der Waals surface area (Å²) in [5.74, 6) is -0.597. The summed E-state index contributed by atoms with van der Waals surface area (Å²) in [6, 6.07) is 4.23. The number of pyridine rings is 1. The molecule has 0 atom stereocenters. The van der Waals surface area contributed by atoms with Gasteiger partial charge in [0.25, 0.3) is 5.91 Å². The Morgan fingerprint density at radius 1 is 1.45 bits per heavy atom. The number of amides is 1. The van der Waals surface area contributed by atoms with Crippen LogP contribution in [-0.4, -0.2) is 15.8 Å². The molecule has 8 heteroatoms. The van der Waals surface area contributed by atoms with Gasteiger partial charge in [-0.15, -0.1) is 11.3 Å². The van der Waals surface area contributed by atoms with Gasteiger partial charge in [0.15, 0.2) is 0 Å². The van der Waals surface area contributed by atoms with Gasteiger partial charge in [-0.1, -0.05) is 11.6 Å². The van der Waals surface area contributed by atoms with Crippen LogP contribution in [0.4, 0.5) is 11.5 Å². The molecule has 2 heterocycles. The van der Waals surface area contributed by atoms with E-state index in [1.165, 1.54) is 23.5 Å². The Labute approximate surface area is 123 Å². The summed E-state index contributed by atoms with van der Waals surface area (Å²) in [7, 11) is 0. The van der Waals surface area contributed by atoms with Crippen LogP contribution >= 0.6 is 22.9 Å². The van der Waals surface area contributed by atoms with Crippen LogP contribution in [0, 0.1) is 24.0 Å². The molecule has 0 unspecified atom stereocenters. The van der Waals surface area contributed by atoms with E-state index < -0.39 is 10.8 Å². The van der Waals surface area contributed by atoms with Gasteiger partial charge in [0.05, 0.1) is 9.80 Å². The monoisotopic (exact) mass is 311 g/mol. The van der Waals surface area contributed by atoms with Crippen LogP contribution in [0.5, 0.6) is 0 Å². The first-order valence-corrected chi connectivity index (χ1v) is 6.77. The highest BCUT2D eigenvalue weighted by atomic mass is 35.5. The Morgan fingerprint density at radius 3 is 2.70 bits per heavy atom. The lowest BCUT2D eigenvalue weighted by Gasteiger charge is -2.03. The zero-order chi connectivity index (χ0) is 14.9. The van der Waals surface area contributed by atoms with Crippen LogP contribution in [0.3, 0.4) is 0 Å². The van der Waals surface area contributed by atoms with E-state index in [0.717, 1.165) is 10.4 Å². The van der Waals surface area contributed by atoms with Gasteiger partial charge in [0, 0.05) is 10.9 Å². The minimum Gasteiger partial charge on any atom is -0.300 e. The van der Waals surface area contributed by atoms with Crippen molar-refractivity contribution in [2.24, 2.45) is 0 Å². The average molecular weight is 312 g/mol. The second kappa shape index (κ2) is 5.56. The zero-order valence-corrected chi connectivity index (χ0v) is 12.2. The number of rotatable bonds is 3. The number of thiophene rings is 1. The Morgan fingerprint density at radius 2 is 2.15 bits per heavy atom. The number of aryl methyl sites for hydroxylation is 2. The number of nitrogens with zero attached hydrogens (tertiary/aromatic N) is 2. The first-order valence-electron chi connectivity index (χ1n) is 5.58. The van der Waals surface area contributed by atoms with Gasteiger partial charge in [0.1, 0.15) is 5.15 Å². The quantitative estimate of drug-likeness (QED) is 0.533. The normalized spacial score (nSPS) is 10.3. The fourth-order valence-corrected chi connectivity index (χ4v) is 2.60. The lowest BCUT2D eigenvalue weighted by molar-refractivity contribution is -0.384. The minimum absolute atomic E-state index is 0.0736. The molecule has 0 saturated heterocycles. The maximum atomic E-state index is 12.1. The van der Waals surface area contributed by atoms with Gasteiger partial charge in [-0.2, -0.15) is 0 Å². The summed E-state index contributed by atoms with van der Waals surface area (Å²) >= 11 is 7.02. The topological polar surface area (TPSA) is 85.1 Å². The largest absolute Gasteiger partial charge is 0.311 e. The highest BCUT2D eigenvalue weighted by Gasteiger charge is 2.19. The van der Waals surface area contributed by atoms with Crippen LogP contribution < -0.4 is 5.32 Å². The number of halogens is 1. The van der Waals surface area contributed by atoms with Gasteiger partial charge in [-0.25, -0.2) is 4.98 Å². The molecule has 0 bridgehead atoms. The molecule has 0 radical (unpaired) electrons. The first-order chi connectivity index (χ1) is 9.38. The molecule has 2 rings (SSSR count). The molecule has 0 aliphatic heterocycles. The number of aromatic nitrogens is 1. The molecule has 0 aliphatic rings. The van der Waals surface area contributed by atoms with Gasteiger partial charge in [-0.3, -0.25) is 14.9 Å². The van der Waals surface area contributed by atoms with Gasteiger partial charge in [0.2, 0.25) is 5.82 Å². The van der Waals surface area contributed by atoms with E-state index >= 15 is 0 Å². The molecule has 0 saturated carbocycles. The highest BCUT2D eigenvalue weighted by molar-refractivity contribution is 7.14. The van der Waals surface area contributed by atoms with Crippen LogP contribution in [0.1, 0.15) is 20.1 Å². The van der Waals surface area contributed by atoms with Crippen LogP contribution in [0.15, 0.2) is 18.2 Å². The Hall–Kier alpha value is -1.99. The number of nitro groups is 1. The lowest BCUT2D eigenvalue weighted by atomic mass is 10.3. The number of anilines is 1. The van der Waals surface area contributed by atoms with E-state index in [-0.39, 0.29) is 16.7 Å². The molecule has 0 aliphatic carbocycles. The van der Waals surface area contributed by atoms with Crippen molar-refractivity contribution in [2.75, 3.05) is 5.32 Å². The van der Waals surface area contributed by atoms with Crippen molar-refractivity contribution >= 4 is 40.4 Å². The maximum absolute atomic E-state index is 12.1. The molecule has 0 spiro atoms. The molecule has 1 amide bonds. The maximum Gasteiger partial charge on any atom is 0.311 e. The second-order valence-corrected chi connectivity index (χ2v) is 5.71. The van der Waals surface area contributed by atoms with E-state index in [1.807, 2.05) is 13.8 Å². The minimum atomic E-state index is -0.621. The van der Waals surface area contributed by atoms with Gasteiger partial charge in [-0.05, 0) is 31.5 Å². The molecule has 1 N–H and O–H groups in total. The third kappa shape index (κ3) is 2.94. The number of hydrogen-bond acceptors (Lipinski definition) is 5. The van der Waals surface area contributed by atoms with E-state index in [9.17, 15) is 14.9 Å². The second-order valence-electron chi connectivity index (χ2n) is 4.06. The predicted octanol–water partition coefficient (Wildman–Crippen LogP) is 3.57. The summed E-state index contributed by atoms with van der Waals surface area (Å²) < 4.78 is 0. The molecule has 0 aromatic carbocycles. The molecule has 6 nitrogen and oxygen atoms in total. The van der Waals surface area contributed by atoms with Crippen LogP contribution in [0.25, 0.3) is 0 Å². The Balaban J connectivity index is 2.32. The molecule has 0 fully saturated rings. The fraction of sp³-hybridized carbons (Fsp3) is 0.167. The Bertz CT molecular complexity index is 680. The molecular formula is C12H10ClN3O3S. The van der Waals surface area contributed by atoms with E-state index in [0.29, 0.717) is 4.88 Å². The summed E-state index contributed by atoms with van der Waals surface area (Å²) in [6.07, 6.45) is 0. The van der Waals surface area contributed by atoms with Crippen LogP contribution in [-0.2, 0) is 0 Å². The number of carbonyl (C=O) groups is 1. The summed E-state index contributed by atoms with van der Waals surface area (Å²) in [5.41, 5.74) is 0.696. The third-order valence-corrected chi connectivity index (χ3v) is 4.02. The van der Waals surface area contributed by atoms with E-state index in [4.69, 9.17) is 11.6 Å². The summed E-state index contributed by atoms with van der Waals surface area (Å²) in [6.45, 7) is 3.79. The predicted molar refractivity (Wildman–Crippen MR) is 77.6 cm³/mol. The number of carbonyl (C=O) groups excluding carboxylic acids is 1. The van der Waals surface area contributed by atoms with Crippen molar-refractivity contribution in [3.8, 4) is 0 Å². The van der Waals surface area contributed by atoms with Crippen LogP contribution in [0.2, 0.25) is 5.15 Å². The summed E-state index contributed by atoms with van der Waals surface area (Å²) in [4.78, 5) is 27.6. The van der Waals surface area contributed by atoms with Gasteiger partial charge >= 0.3 is 5.69 Å². The molecule has 2 aromatic heterocycles. The van der Waals surface area contributed by atoms with Crippen molar-refractivity contribution in [3.63, 3.8) is 0 Å². The Kier molecular flexibility index (Phi) is 4.01. The van der Waals surface area contributed by atoms with Crippen molar-refractivity contribution < 1.29 is 9.72 Å².